The topological polar surface area (TPSA) is 49.3 Å². The minimum Gasteiger partial charge on any atom is -0.343 e. The summed E-state index contributed by atoms with van der Waals surface area (Å²) < 4.78 is 10.9. The Hall–Kier alpha value is 0.150. The highest BCUT2D eigenvalue weighted by Crippen LogP contribution is 2.43. The van der Waals surface area contributed by atoms with Gasteiger partial charge in [-0.25, -0.2) is 0 Å². The van der Waals surface area contributed by atoms with Gasteiger partial charge >= 0.3 is 0 Å². The maximum atomic E-state index is 10.9. The standard InChI is InChI=1S/C5H12NO2P/c1-9(7,8)5-3-2-4-6-5/h5-6H,2-4H2,1H3,(H,7,8). The minimum atomic E-state index is -2.82. The van der Waals surface area contributed by atoms with Gasteiger partial charge in [0, 0.05) is 6.66 Å². The molecule has 9 heavy (non-hydrogen) atoms. The molecule has 0 aliphatic carbocycles. The maximum Gasteiger partial charge on any atom is 0.214 e. The third kappa shape index (κ3) is 1.78. The van der Waals surface area contributed by atoms with Gasteiger partial charge in [-0.1, -0.05) is 0 Å². The summed E-state index contributed by atoms with van der Waals surface area (Å²) in [6.07, 6.45) is 1.88. The van der Waals surface area contributed by atoms with Gasteiger partial charge in [-0.05, 0) is 19.4 Å². The Bertz CT molecular complexity index is 136. The maximum absolute atomic E-state index is 10.9. The molecule has 0 aromatic heterocycles. The molecule has 0 aromatic rings. The van der Waals surface area contributed by atoms with Crippen molar-refractivity contribution in [1.29, 1.82) is 0 Å². The van der Waals surface area contributed by atoms with Crippen LogP contribution in [0.25, 0.3) is 0 Å². The Balaban J connectivity index is 2.52. The van der Waals surface area contributed by atoms with E-state index in [2.05, 4.69) is 5.32 Å². The molecule has 0 radical (unpaired) electrons. The second-order valence-corrected chi connectivity index (χ2v) is 5.07. The molecule has 2 N–H and O–H groups in total. The van der Waals surface area contributed by atoms with E-state index in [0.717, 1.165) is 19.4 Å². The lowest BCUT2D eigenvalue weighted by Crippen LogP contribution is -2.20. The minimum absolute atomic E-state index is 0.127. The molecule has 1 aliphatic rings. The van der Waals surface area contributed by atoms with Crippen molar-refractivity contribution in [2.45, 2.75) is 18.6 Å². The second kappa shape index (κ2) is 2.41. The molecular formula is C5H12NO2P. The van der Waals surface area contributed by atoms with Gasteiger partial charge in [0.15, 0.2) is 0 Å². The Morgan fingerprint density at radius 1 is 1.78 bits per heavy atom. The summed E-state index contributed by atoms with van der Waals surface area (Å²) in [5, 5.41) is 2.98. The predicted molar refractivity (Wildman–Crippen MR) is 36.8 cm³/mol. The predicted octanol–water partition coefficient (Wildman–Crippen LogP) is 0.596. The van der Waals surface area contributed by atoms with Crippen LogP contribution in [0.3, 0.4) is 0 Å². The lowest BCUT2D eigenvalue weighted by molar-refractivity contribution is 0.463. The van der Waals surface area contributed by atoms with Gasteiger partial charge in [-0.2, -0.15) is 0 Å². The van der Waals surface area contributed by atoms with Gasteiger partial charge in [0.2, 0.25) is 7.37 Å². The van der Waals surface area contributed by atoms with E-state index in [4.69, 9.17) is 4.89 Å². The van der Waals surface area contributed by atoms with Crippen molar-refractivity contribution < 1.29 is 9.46 Å². The van der Waals surface area contributed by atoms with Crippen molar-refractivity contribution in [2.75, 3.05) is 13.2 Å². The summed E-state index contributed by atoms with van der Waals surface area (Å²) in [6, 6.07) is 0. The SMILES string of the molecule is CP(=O)(O)C1CCCN1. The highest BCUT2D eigenvalue weighted by molar-refractivity contribution is 7.57. The normalized spacial score (nSPS) is 34.2. The smallest absolute Gasteiger partial charge is 0.214 e. The van der Waals surface area contributed by atoms with Crippen molar-refractivity contribution in [2.24, 2.45) is 0 Å². The van der Waals surface area contributed by atoms with Gasteiger partial charge < -0.3 is 10.2 Å². The summed E-state index contributed by atoms with van der Waals surface area (Å²) in [4.78, 5) is 9.01. The monoisotopic (exact) mass is 149 g/mol. The Morgan fingerprint density at radius 3 is 2.67 bits per heavy atom. The molecule has 0 saturated carbocycles. The van der Waals surface area contributed by atoms with E-state index in [1.807, 2.05) is 0 Å². The fourth-order valence-electron chi connectivity index (χ4n) is 1.08. The molecule has 4 heteroatoms. The number of rotatable bonds is 1. The summed E-state index contributed by atoms with van der Waals surface area (Å²) in [6.45, 7) is 2.30. The van der Waals surface area contributed by atoms with Crippen LogP contribution in [0, 0.1) is 0 Å². The van der Waals surface area contributed by atoms with Gasteiger partial charge in [0.05, 0.1) is 5.78 Å². The molecule has 2 unspecified atom stereocenters. The quantitative estimate of drug-likeness (QED) is 0.536. The molecule has 0 bridgehead atoms. The van der Waals surface area contributed by atoms with Crippen molar-refractivity contribution in [1.82, 2.24) is 5.32 Å². The average Bonchev–Trinajstić information content (AvgIpc) is 2.08. The highest BCUT2D eigenvalue weighted by atomic mass is 31.2. The van der Waals surface area contributed by atoms with Crippen LogP contribution in [0.4, 0.5) is 0 Å². The lowest BCUT2D eigenvalue weighted by Gasteiger charge is -2.12. The molecule has 0 amide bonds. The fraction of sp³-hybridized carbons (Fsp3) is 1.00. The van der Waals surface area contributed by atoms with E-state index in [1.165, 1.54) is 6.66 Å². The largest absolute Gasteiger partial charge is 0.343 e. The van der Waals surface area contributed by atoms with E-state index in [0.29, 0.717) is 0 Å². The number of nitrogens with one attached hydrogen (secondary N) is 1. The van der Waals surface area contributed by atoms with Gasteiger partial charge in [0.1, 0.15) is 0 Å². The lowest BCUT2D eigenvalue weighted by atomic mass is 10.4. The first kappa shape index (κ1) is 7.26. The fourth-order valence-corrected chi connectivity index (χ4v) is 2.20. The van der Waals surface area contributed by atoms with Crippen molar-refractivity contribution in [3.05, 3.63) is 0 Å². The first-order valence-electron chi connectivity index (χ1n) is 3.14. The van der Waals surface area contributed by atoms with Crippen LogP contribution in [-0.4, -0.2) is 23.9 Å². The van der Waals surface area contributed by atoms with Crippen LogP contribution in [-0.2, 0) is 4.57 Å². The molecule has 1 fully saturated rings. The molecule has 2 atom stereocenters. The van der Waals surface area contributed by atoms with Crippen LogP contribution < -0.4 is 5.32 Å². The van der Waals surface area contributed by atoms with Gasteiger partial charge in [-0.15, -0.1) is 0 Å². The number of hydrogen-bond donors (Lipinski definition) is 2. The zero-order valence-corrected chi connectivity index (χ0v) is 6.40. The van der Waals surface area contributed by atoms with E-state index in [1.54, 1.807) is 0 Å². The van der Waals surface area contributed by atoms with Crippen molar-refractivity contribution in [3.63, 3.8) is 0 Å². The molecular weight excluding hydrogens is 137 g/mol. The van der Waals surface area contributed by atoms with Crippen molar-refractivity contribution >= 4 is 7.37 Å². The zero-order valence-electron chi connectivity index (χ0n) is 5.50. The van der Waals surface area contributed by atoms with Crippen LogP contribution >= 0.6 is 7.37 Å². The third-order valence-electron chi connectivity index (χ3n) is 1.61. The molecule has 1 saturated heterocycles. The average molecular weight is 149 g/mol. The van der Waals surface area contributed by atoms with E-state index >= 15 is 0 Å². The molecule has 0 aromatic carbocycles. The third-order valence-corrected chi connectivity index (χ3v) is 3.21. The summed E-state index contributed by atoms with van der Waals surface area (Å²) >= 11 is 0. The van der Waals surface area contributed by atoms with Crippen molar-refractivity contribution in [3.8, 4) is 0 Å². The van der Waals surface area contributed by atoms with Crippen LogP contribution in [0.1, 0.15) is 12.8 Å². The Labute approximate surface area is 54.9 Å². The van der Waals surface area contributed by atoms with Gasteiger partial charge in [-0.3, -0.25) is 4.57 Å². The molecule has 1 rings (SSSR count). The van der Waals surface area contributed by atoms with E-state index in [9.17, 15) is 4.57 Å². The molecule has 3 nitrogen and oxygen atoms in total. The van der Waals surface area contributed by atoms with E-state index < -0.39 is 7.37 Å². The first-order chi connectivity index (χ1) is 4.11. The highest BCUT2D eigenvalue weighted by Gasteiger charge is 2.27. The van der Waals surface area contributed by atoms with Crippen LogP contribution in [0.15, 0.2) is 0 Å². The Morgan fingerprint density at radius 2 is 2.44 bits per heavy atom. The summed E-state index contributed by atoms with van der Waals surface area (Å²) in [5.41, 5.74) is 0. The summed E-state index contributed by atoms with van der Waals surface area (Å²) in [7, 11) is -2.82. The summed E-state index contributed by atoms with van der Waals surface area (Å²) in [5.74, 6) is -0.127. The Kier molecular flexibility index (Phi) is 1.94. The molecule has 1 aliphatic heterocycles. The molecule has 54 valence electrons. The van der Waals surface area contributed by atoms with E-state index in [-0.39, 0.29) is 5.78 Å². The number of hydrogen-bond acceptors (Lipinski definition) is 2. The zero-order chi connectivity index (χ0) is 6.91. The molecule has 1 heterocycles. The van der Waals surface area contributed by atoms with Crippen LogP contribution in [0.2, 0.25) is 0 Å². The second-order valence-electron chi connectivity index (χ2n) is 2.56. The molecule has 0 spiro atoms. The van der Waals surface area contributed by atoms with Crippen LogP contribution in [0.5, 0.6) is 0 Å². The van der Waals surface area contributed by atoms with Gasteiger partial charge in [0.25, 0.3) is 0 Å². The first-order valence-corrected chi connectivity index (χ1v) is 5.31.